The van der Waals surface area contributed by atoms with Crippen molar-refractivity contribution in [1.82, 2.24) is 10.2 Å². The number of benzene rings is 1. The number of aromatic nitrogens is 2. The number of carbonyl (C=O) groups excluding carboxylic acids is 1. The van der Waals surface area contributed by atoms with Gasteiger partial charge < -0.3 is 9.15 Å². The van der Waals surface area contributed by atoms with Crippen molar-refractivity contribution in [2.45, 2.75) is 13.8 Å². The quantitative estimate of drug-likeness (QED) is 0.782. The SMILES string of the molecule is CCOC(=O)c1nnc(-c2ccc(C)cc2F)o1. The lowest BCUT2D eigenvalue weighted by Crippen LogP contribution is -2.04. The summed E-state index contributed by atoms with van der Waals surface area (Å²) in [6.07, 6.45) is 0. The molecule has 0 aliphatic rings. The van der Waals surface area contributed by atoms with Crippen LogP contribution in [0.4, 0.5) is 4.39 Å². The molecule has 0 saturated carbocycles. The van der Waals surface area contributed by atoms with Gasteiger partial charge >= 0.3 is 11.9 Å². The highest BCUT2D eigenvalue weighted by molar-refractivity contribution is 5.84. The van der Waals surface area contributed by atoms with Crippen LogP contribution in [0.3, 0.4) is 0 Å². The zero-order valence-electron chi connectivity index (χ0n) is 9.94. The van der Waals surface area contributed by atoms with E-state index < -0.39 is 11.8 Å². The molecular formula is C12H11FN2O3. The molecule has 0 aliphatic carbocycles. The second kappa shape index (κ2) is 4.95. The van der Waals surface area contributed by atoms with Gasteiger partial charge in [0.05, 0.1) is 12.2 Å². The first kappa shape index (κ1) is 12.2. The van der Waals surface area contributed by atoms with E-state index in [2.05, 4.69) is 10.2 Å². The summed E-state index contributed by atoms with van der Waals surface area (Å²) < 4.78 is 23.4. The Morgan fingerprint density at radius 3 is 2.89 bits per heavy atom. The third kappa shape index (κ3) is 2.37. The predicted molar refractivity (Wildman–Crippen MR) is 60.4 cm³/mol. The maximum absolute atomic E-state index is 13.7. The molecule has 0 N–H and O–H groups in total. The van der Waals surface area contributed by atoms with Gasteiger partial charge in [0.25, 0.3) is 5.89 Å². The molecule has 94 valence electrons. The van der Waals surface area contributed by atoms with Crippen LogP contribution >= 0.6 is 0 Å². The number of hydrogen-bond donors (Lipinski definition) is 0. The molecule has 2 rings (SSSR count). The summed E-state index contributed by atoms with van der Waals surface area (Å²) in [5.74, 6) is -1.53. The zero-order valence-corrected chi connectivity index (χ0v) is 9.94. The van der Waals surface area contributed by atoms with Crippen LogP contribution < -0.4 is 0 Å². The largest absolute Gasteiger partial charge is 0.459 e. The summed E-state index contributed by atoms with van der Waals surface area (Å²) in [5, 5.41) is 7.14. The van der Waals surface area contributed by atoms with Crippen molar-refractivity contribution in [1.29, 1.82) is 0 Å². The smallest absolute Gasteiger partial charge is 0.396 e. The molecule has 0 amide bonds. The van der Waals surface area contributed by atoms with Crippen LogP contribution in [0.5, 0.6) is 0 Å². The molecule has 0 spiro atoms. The molecule has 1 aromatic heterocycles. The highest BCUT2D eigenvalue weighted by atomic mass is 19.1. The van der Waals surface area contributed by atoms with E-state index in [1.807, 2.05) is 0 Å². The third-order valence-corrected chi connectivity index (χ3v) is 2.23. The fourth-order valence-electron chi connectivity index (χ4n) is 1.40. The summed E-state index contributed by atoms with van der Waals surface area (Å²) in [5.41, 5.74) is 0.935. The van der Waals surface area contributed by atoms with Crippen LogP contribution in [-0.4, -0.2) is 22.8 Å². The van der Waals surface area contributed by atoms with Crippen LogP contribution in [0, 0.1) is 12.7 Å². The molecule has 0 aliphatic heterocycles. The minimum absolute atomic E-state index is 0.0458. The van der Waals surface area contributed by atoms with Crippen molar-refractivity contribution in [3.63, 3.8) is 0 Å². The van der Waals surface area contributed by atoms with Crippen LogP contribution in [0.1, 0.15) is 23.2 Å². The van der Waals surface area contributed by atoms with Crippen molar-refractivity contribution >= 4 is 5.97 Å². The predicted octanol–water partition coefficient (Wildman–Crippen LogP) is 2.36. The summed E-state index contributed by atoms with van der Waals surface area (Å²) in [4.78, 5) is 11.3. The molecule has 1 aromatic carbocycles. The standard InChI is InChI=1S/C12H11FN2O3/c1-3-17-12(16)11-15-14-10(18-11)8-5-4-7(2)6-9(8)13/h4-6H,3H2,1-2H3. The van der Waals surface area contributed by atoms with Crippen LogP contribution in [0.25, 0.3) is 11.5 Å². The van der Waals surface area contributed by atoms with E-state index in [0.717, 1.165) is 5.56 Å². The third-order valence-electron chi connectivity index (χ3n) is 2.23. The van der Waals surface area contributed by atoms with Crippen molar-refractivity contribution in [2.24, 2.45) is 0 Å². The Morgan fingerprint density at radius 1 is 1.44 bits per heavy atom. The van der Waals surface area contributed by atoms with E-state index in [1.54, 1.807) is 19.9 Å². The van der Waals surface area contributed by atoms with E-state index >= 15 is 0 Å². The minimum Gasteiger partial charge on any atom is -0.459 e. The second-order valence-electron chi connectivity index (χ2n) is 3.62. The number of nitrogens with zero attached hydrogens (tertiary/aromatic N) is 2. The Morgan fingerprint density at radius 2 is 2.22 bits per heavy atom. The van der Waals surface area contributed by atoms with Crippen LogP contribution in [0.15, 0.2) is 22.6 Å². The summed E-state index contributed by atoms with van der Waals surface area (Å²) >= 11 is 0. The number of carbonyl (C=O) groups is 1. The topological polar surface area (TPSA) is 65.2 Å². The van der Waals surface area contributed by atoms with Crippen LogP contribution in [-0.2, 0) is 4.74 Å². The van der Waals surface area contributed by atoms with Crippen molar-refractivity contribution in [3.05, 3.63) is 35.5 Å². The molecule has 1 heterocycles. The van der Waals surface area contributed by atoms with E-state index in [4.69, 9.17) is 9.15 Å². The van der Waals surface area contributed by atoms with E-state index in [9.17, 15) is 9.18 Å². The summed E-state index contributed by atoms with van der Waals surface area (Å²) in [6, 6.07) is 4.59. The molecule has 0 fully saturated rings. The van der Waals surface area contributed by atoms with Gasteiger partial charge in [0, 0.05) is 0 Å². The van der Waals surface area contributed by atoms with E-state index in [-0.39, 0.29) is 24.0 Å². The Bertz CT molecular complexity index is 580. The van der Waals surface area contributed by atoms with E-state index in [0.29, 0.717) is 0 Å². The molecule has 2 aromatic rings. The lowest BCUT2D eigenvalue weighted by Gasteiger charge is -1.98. The summed E-state index contributed by atoms with van der Waals surface area (Å²) in [7, 11) is 0. The molecule has 5 nitrogen and oxygen atoms in total. The first-order valence-electron chi connectivity index (χ1n) is 5.39. The number of ether oxygens (including phenoxy) is 1. The number of aryl methyl sites for hydroxylation is 1. The fraction of sp³-hybridized carbons (Fsp3) is 0.250. The van der Waals surface area contributed by atoms with Crippen molar-refractivity contribution in [2.75, 3.05) is 6.61 Å². The second-order valence-corrected chi connectivity index (χ2v) is 3.62. The van der Waals surface area contributed by atoms with Gasteiger partial charge in [-0.1, -0.05) is 6.07 Å². The highest BCUT2D eigenvalue weighted by Gasteiger charge is 2.18. The number of rotatable bonds is 3. The normalized spacial score (nSPS) is 10.4. The maximum Gasteiger partial charge on any atom is 0.396 e. The summed E-state index contributed by atoms with van der Waals surface area (Å²) in [6.45, 7) is 3.63. The van der Waals surface area contributed by atoms with Gasteiger partial charge in [-0.25, -0.2) is 9.18 Å². The number of esters is 1. The Labute approximate surface area is 103 Å². The lowest BCUT2D eigenvalue weighted by atomic mass is 10.1. The van der Waals surface area contributed by atoms with Crippen LogP contribution in [0.2, 0.25) is 0 Å². The van der Waals surface area contributed by atoms with Gasteiger partial charge in [-0.05, 0) is 31.5 Å². The van der Waals surface area contributed by atoms with Gasteiger partial charge in [-0.3, -0.25) is 0 Å². The lowest BCUT2D eigenvalue weighted by molar-refractivity contribution is 0.0481. The van der Waals surface area contributed by atoms with Crippen molar-refractivity contribution < 1.29 is 18.3 Å². The number of halogens is 1. The average molecular weight is 250 g/mol. The van der Waals surface area contributed by atoms with Crippen molar-refractivity contribution in [3.8, 4) is 11.5 Å². The highest BCUT2D eigenvalue weighted by Crippen LogP contribution is 2.22. The Hall–Kier alpha value is -2.24. The number of hydrogen-bond acceptors (Lipinski definition) is 5. The molecular weight excluding hydrogens is 239 g/mol. The Kier molecular flexibility index (Phi) is 3.36. The zero-order chi connectivity index (χ0) is 13.1. The van der Waals surface area contributed by atoms with Gasteiger partial charge in [-0.15, -0.1) is 10.2 Å². The van der Waals surface area contributed by atoms with Gasteiger partial charge in [-0.2, -0.15) is 0 Å². The molecule has 18 heavy (non-hydrogen) atoms. The molecule has 0 saturated heterocycles. The van der Waals surface area contributed by atoms with Gasteiger partial charge in [0.15, 0.2) is 0 Å². The molecule has 0 bridgehead atoms. The first-order valence-corrected chi connectivity index (χ1v) is 5.39. The van der Waals surface area contributed by atoms with E-state index in [1.165, 1.54) is 12.1 Å². The minimum atomic E-state index is -0.719. The van der Waals surface area contributed by atoms with Gasteiger partial charge in [0.2, 0.25) is 0 Å². The maximum atomic E-state index is 13.7. The average Bonchev–Trinajstić information content (AvgIpc) is 2.78. The first-order chi connectivity index (χ1) is 8.61. The Balaban J connectivity index is 2.32. The van der Waals surface area contributed by atoms with Gasteiger partial charge in [0.1, 0.15) is 5.82 Å². The molecule has 0 radical (unpaired) electrons. The fourth-order valence-corrected chi connectivity index (χ4v) is 1.40. The molecule has 0 atom stereocenters. The monoisotopic (exact) mass is 250 g/mol. The molecule has 6 heteroatoms. The molecule has 0 unspecified atom stereocenters.